The van der Waals surface area contributed by atoms with E-state index in [1.807, 2.05) is 0 Å². The highest BCUT2D eigenvalue weighted by Crippen LogP contribution is 2.42. The van der Waals surface area contributed by atoms with Crippen molar-refractivity contribution < 1.29 is 14.1 Å². The first-order chi connectivity index (χ1) is 12.1. The monoisotopic (exact) mass is 375 g/mol. The molecule has 1 aliphatic rings. The number of benzene rings is 1. The van der Waals surface area contributed by atoms with Crippen LogP contribution >= 0.6 is 22.9 Å². The normalized spacial score (nSPS) is 13.5. The molecule has 1 aliphatic heterocycles. The summed E-state index contributed by atoms with van der Waals surface area (Å²) in [6.07, 6.45) is 0.746. The first-order valence-electron chi connectivity index (χ1n) is 7.71. The summed E-state index contributed by atoms with van der Waals surface area (Å²) < 4.78 is 10.9. The number of aryl methyl sites for hydroxylation is 1. The molecule has 3 aromatic rings. The van der Waals surface area contributed by atoms with Gasteiger partial charge < -0.3 is 14.6 Å². The smallest absolute Gasteiger partial charge is 0.261 e. The largest absolute Gasteiger partial charge is 0.376 e. The van der Waals surface area contributed by atoms with Gasteiger partial charge in [0.15, 0.2) is 5.82 Å². The van der Waals surface area contributed by atoms with Gasteiger partial charge in [-0.05, 0) is 37.1 Å². The highest BCUT2D eigenvalue weighted by molar-refractivity contribution is 7.17. The number of nitrogens with one attached hydrogen (secondary N) is 1. The molecule has 6 nitrogen and oxygen atoms in total. The van der Waals surface area contributed by atoms with Crippen molar-refractivity contribution in [2.24, 2.45) is 0 Å². The lowest BCUT2D eigenvalue weighted by Gasteiger charge is -2.12. The van der Waals surface area contributed by atoms with E-state index >= 15 is 0 Å². The van der Waals surface area contributed by atoms with E-state index in [9.17, 15) is 4.79 Å². The van der Waals surface area contributed by atoms with Crippen LogP contribution in [0.1, 0.15) is 26.6 Å². The standard InChI is InChI=1S/C17H14ClN3O3S/c1-9-19-16(24-21-9)14-12-5-6-23-8-13(12)25-17(14)20-15(22)10-3-2-4-11(18)7-10/h2-4,7H,5-6,8H2,1H3,(H,20,22). The van der Waals surface area contributed by atoms with Gasteiger partial charge in [-0.15, -0.1) is 11.3 Å². The molecule has 0 saturated carbocycles. The van der Waals surface area contributed by atoms with Gasteiger partial charge in [-0.1, -0.05) is 22.8 Å². The minimum absolute atomic E-state index is 0.237. The fraction of sp³-hybridized carbons (Fsp3) is 0.235. The summed E-state index contributed by atoms with van der Waals surface area (Å²) in [6, 6.07) is 6.82. The number of hydrogen-bond acceptors (Lipinski definition) is 6. The van der Waals surface area contributed by atoms with E-state index in [2.05, 4.69) is 15.5 Å². The van der Waals surface area contributed by atoms with Crippen LogP contribution in [0.4, 0.5) is 5.00 Å². The van der Waals surface area contributed by atoms with Crippen LogP contribution in [0.3, 0.4) is 0 Å². The zero-order valence-electron chi connectivity index (χ0n) is 13.3. The Morgan fingerprint density at radius 1 is 1.40 bits per heavy atom. The third kappa shape index (κ3) is 3.18. The van der Waals surface area contributed by atoms with Crippen molar-refractivity contribution in [2.75, 3.05) is 11.9 Å². The molecule has 3 heterocycles. The second-order valence-corrected chi connectivity index (χ2v) is 7.16. The summed E-state index contributed by atoms with van der Waals surface area (Å²) >= 11 is 7.45. The molecule has 1 aromatic carbocycles. The number of nitrogens with zero attached hydrogens (tertiary/aromatic N) is 2. The first-order valence-corrected chi connectivity index (χ1v) is 8.91. The Balaban J connectivity index is 1.74. The minimum Gasteiger partial charge on any atom is -0.376 e. The van der Waals surface area contributed by atoms with Gasteiger partial charge in [0, 0.05) is 15.5 Å². The number of ether oxygens (including phenoxy) is 1. The van der Waals surface area contributed by atoms with Crippen molar-refractivity contribution >= 4 is 33.8 Å². The summed E-state index contributed by atoms with van der Waals surface area (Å²) in [6.45, 7) is 2.91. The molecule has 0 aliphatic carbocycles. The molecule has 1 N–H and O–H groups in total. The molecule has 0 unspecified atom stereocenters. The van der Waals surface area contributed by atoms with Crippen molar-refractivity contribution in [3.8, 4) is 11.5 Å². The highest BCUT2D eigenvalue weighted by atomic mass is 35.5. The number of amides is 1. The molecule has 2 aromatic heterocycles. The van der Waals surface area contributed by atoms with E-state index in [0.717, 1.165) is 22.4 Å². The van der Waals surface area contributed by atoms with Crippen LogP contribution < -0.4 is 5.32 Å². The third-order valence-corrected chi connectivity index (χ3v) is 5.23. The average molecular weight is 376 g/mol. The molecule has 0 atom stereocenters. The summed E-state index contributed by atoms with van der Waals surface area (Å²) in [7, 11) is 0. The molecule has 0 radical (unpaired) electrons. The van der Waals surface area contributed by atoms with Gasteiger partial charge in [-0.25, -0.2) is 0 Å². The van der Waals surface area contributed by atoms with E-state index in [4.69, 9.17) is 20.9 Å². The SMILES string of the molecule is Cc1noc(-c2c(NC(=O)c3cccc(Cl)c3)sc3c2CCOC3)n1. The molecular weight excluding hydrogens is 362 g/mol. The Bertz CT molecular complexity index is 951. The van der Waals surface area contributed by atoms with Gasteiger partial charge in [0.05, 0.1) is 18.8 Å². The Labute approximate surface area is 152 Å². The maximum atomic E-state index is 12.6. The quantitative estimate of drug-likeness (QED) is 0.746. The van der Waals surface area contributed by atoms with E-state index in [-0.39, 0.29) is 5.91 Å². The number of fused-ring (bicyclic) bond motifs is 1. The zero-order valence-corrected chi connectivity index (χ0v) is 14.9. The van der Waals surface area contributed by atoms with Gasteiger partial charge in [-0.2, -0.15) is 4.98 Å². The molecule has 128 valence electrons. The Morgan fingerprint density at radius 2 is 2.28 bits per heavy atom. The average Bonchev–Trinajstić information content (AvgIpc) is 3.17. The van der Waals surface area contributed by atoms with E-state index < -0.39 is 0 Å². The lowest BCUT2D eigenvalue weighted by atomic mass is 10.1. The van der Waals surface area contributed by atoms with Gasteiger partial charge in [0.2, 0.25) is 0 Å². The number of carbonyl (C=O) groups excluding carboxylic acids is 1. The van der Waals surface area contributed by atoms with Crippen molar-refractivity contribution in [1.82, 2.24) is 10.1 Å². The number of thiophene rings is 1. The molecule has 0 spiro atoms. The van der Waals surface area contributed by atoms with Crippen molar-refractivity contribution in [3.05, 3.63) is 51.1 Å². The van der Waals surface area contributed by atoms with Crippen LogP contribution in [0.25, 0.3) is 11.5 Å². The van der Waals surface area contributed by atoms with Crippen molar-refractivity contribution in [1.29, 1.82) is 0 Å². The molecule has 8 heteroatoms. The summed E-state index contributed by atoms with van der Waals surface area (Å²) in [5.74, 6) is 0.729. The Hall–Kier alpha value is -2.22. The zero-order chi connectivity index (χ0) is 17.4. The molecule has 0 bridgehead atoms. The maximum Gasteiger partial charge on any atom is 0.261 e. The molecule has 1 amide bonds. The molecule has 4 rings (SSSR count). The van der Waals surface area contributed by atoms with E-state index in [1.165, 1.54) is 11.3 Å². The van der Waals surface area contributed by atoms with Crippen LogP contribution in [-0.2, 0) is 17.8 Å². The number of hydrogen-bond donors (Lipinski definition) is 1. The predicted octanol–water partition coefficient (Wildman–Crippen LogP) is 4.08. The number of halogens is 1. The van der Waals surface area contributed by atoms with Gasteiger partial charge in [0.25, 0.3) is 11.8 Å². The van der Waals surface area contributed by atoms with E-state index in [1.54, 1.807) is 31.2 Å². The second-order valence-electron chi connectivity index (χ2n) is 5.62. The van der Waals surface area contributed by atoms with E-state index in [0.29, 0.717) is 40.5 Å². The van der Waals surface area contributed by atoms with Crippen LogP contribution in [0.2, 0.25) is 5.02 Å². The number of carbonyl (C=O) groups is 1. The number of rotatable bonds is 3. The predicted molar refractivity (Wildman–Crippen MR) is 95.1 cm³/mol. The van der Waals surface area contributed by atoms with Crippen LogP contribution in [-0.4, -0.2) is 22.7 Å². The van der Waals surface area contributed by atoms with Crippen LogP contribution in [0, 0.1) is 6.92 Å². The highest BCUT2D eigenvalue weighted by Gasteiger charge is 2.26. The Kier molecular flexibility index (Phi) is 4.29. The van der Waals surface area contributed by atoms with Gasteiger partial charge in [0.1, 0.15) is 5.00 Å². The minimum atomic E-state index is -0.237. The van der Waals surface area contributed by atoms with Crippen molar-refractivity contribution in [3.63, 3.8) is 0 Å². The fourth-order valence-corrected chi connectivity index (χ4v) is 4.11. The Morgan fingerprint density at radius 3 is 3.04 bits per heavy atom. The van der Waals surface area contributed by atoms with Crippen molar-refractivity contribution in [2.45, 2.75) is 20.0 Å². The summed E-state index contributed by atoms with van der Waals surface area (Å²) in [4.78, 5) is 18.0. The van der Waals surface area contributed by atoms with Gasteiger partial charge >= 0.3 is 0 Å². The number of anilines is 1. The number of aromatic nitrogens is 2. The van der Waals surface area contributed by atoms with Crippen LogP contribution in [0.15, 0.2) is 28.8 Å². The maximum absolute atomic E-state index is 12.6. The molecule has 0 fully saturated rings. The first kappa shape index (κ1) is 16.3. The third-order valence-electron chi connectivity index (χ3n) is 3.88. The topological polar surface area (TPSA) is 77.2 Å². The molecule has 25 heavy (non-hydrogen) atoms. The summed E-state index contributed by atoms with van der Waals surface area (Å²) in [5.41, 5.74) is 2.38. The fourth-order valence-electron chi connectivity index (χ4n) is 2.75. The van der Waals surface area contributed by atoms with Gasteiger partial charge in [-0.3, -0.25) is 4.79 Å². The lowest BCUT2D eigenvalue weighted by Crippen LogP contribution is -2.12. The van der Waals surface area contributed by atoms with Crippen LogP contribution in [0.5, 0.6) is 0 Å². The second kappa shape index (κ2) is 6.59. The molecular formula is C17H14ClN3O3S. The lowest BCUT2D eigenvalue weighted by molar-refractivity contribution is 0.102. The molecule has 0 saturated heterocycles. The summed E-state index contributed by atoms with van der Waals surface area (Å²) in [5, 5.41) is 8.02.